The lowest BCUT2D eigenvalue weighted by atomic mass is 10.2. The van der Waals surface area contributed by atoms with E-state index >= 15 is 0 Å². The maximum Gasteiger partial charge on any atom is 0.251 e. The summed E-state index contributed by atoms with van der Waals surface area (Å²) in [5.74, 6) is -0.0528. The number of carbonyl (C=O) groups is 1. The second-order valence-corrected chi connectivity index (χ2v) is 3.54. The van der Waals surface area contributed by atoms with Crippen molar-refractivity contribution in [1.82, 2.24) is 5.32 Å². The van der Waals surface area contributed by atoms with Gasteiger partial charge >= 0.3 is 0 Å². The van der Waals surface area contributed by atoms with Crippen LogP contribution in [0.25, 0.3) is 0 Å². The molecule has 0 radical (unpaired) electrons. The van der Waals surface area contributed by atoms with Crippen LogP contribution >= 0.6 is 11.6 Å². The third kappa shape index (κ3) is 4.30. The lowest BCUT2D eigenvalue weighted by Gasteiger charge is -2.04. The third-order valence-corrected chi connectivity index (χ3v) is 2.20. The van der Waals surface area contributed by atoms with Gasteiger partial charge in [0.25, 0.3) is 5.91 Å². The van der Waals surface area contributed by atoms with E-state index in [1.54, 1.807) is 6.07 Å². The van der Waals surface area contributed by atoms with E-state index in [1.807, 2.05) is 0 Å². The minimum Gasteiger partial charge on any atom is -0.352 e. The van der Waals surface area contributed by atoms with Crippen LogP contribution in [-0.4, -0.2) is 18.3 Å². The van der Waals surface area contributed by atoms with Crippen LogP contribution in [0, 0.1) is 5.82 Å². The summed E-state index contributed by atoms with van der Waals surface area (Å²) in [6.45, 7) is 0.571. The predicted molar refractivity (Wildman–Crippen MR) is 58.7 cm³/mol. The van der Waals surface area contributed by atoms with Gasteiger partial charge in [-0.05, 0) is 31.0 Å². The molecule has 0 saturated carbocycles. The fourth-order valence-electron chi connectivity index (χ4n) is 1.15. The molecule has 0 saturated heterocycles. The van der Waals surface area contributed by atoms with Crippen molar-refractivity contribution in [2.45, 2.75) is 12.8 Å². The Kier molecular flexibility index (Phi) is 5.12. The van der Waals surface area contributed by atoms with Crippen molar-refractivity contribution in [2.75, 3.05) is 12.4 Å². The third-order valence-electron chi connectivity index (χ3n) is 1.93. The Morgan fingerprint density at radius 1 is 1.40 bits per heavy atom. The van der Waals surface area contributed by atoms with E-state index in [2.05, 4.69) is 5.32 Å². The summed E-state index contributed by atoms with van der Waals surface area (Å²) in [5.41, 5.74) is 0.348. The molecule has 2 nitrogen and oxygen atoms in total. The first-order valence-corrected chi connectivity index (χ1v) is 5.37. The first-order chi connectivity index (χ1) is 7.24. The monoisotopic (exact) mass is 229 g/mol. The molecule has 82 valence electrons. The van der Waals surface area contributed by atoms with Crippen molar-refractivity contribution in [2.24, 2.45) is 0 Å². The molecule has 0 spiro atoms. The molecule has 1 rings (SSSR count). The van der Waals surface area contributed by atoms with E-state index in [0.29, 0.717) is 18.0 Å². The molecule has 0 fully saturated rings. The SMILES string of the molecule is O=C(NCCCCCl)c1cccc(F)c1. The quantitative estimate of drug-likeness (QED) is 0.610. The van der Waals surface area contributed by atoms with Crippen molar-refractivity contribution in [3.63, 3.8) is 0 Å². The van der Waals surface area contributed by atoms with E-state index in [9.17, 15) is 9.18 Å². The molecule has 0 heterocycles. The molecule has 0 unspecified atom stereocenters. The molecule has 0 aliphatic heterocycles. The predicted octanol–water partition coefficient (Wildman–Crippen LogP) is 2.57. The molecular formula is C11H13ClFNO. The van der Waals surface area contributed by atoms with Crippen LogP contribution in [0.5, 0.6) is 0 Å². The van der Waals surface area contributed by atoms with E-state index < -0.39 is 5.82 Å². The van der Waals surface area contributed by atoms with Crippen LogP contribution in [0.4, 0.5) is 4.39 Å². The largest absolute Gasteiger partial charge is 0.352 e. The number of unbranched alkanes of at least 4 members (excludes halogenated alkanes) is 1. The standard InChI is InChI=1S/C11H13ClFNO/c12-6-1-2-7-14-11(15)9-4-3-5-10(13)8-9/h3-5,8H,1-2,6-7H2,(H,14,15). The number of hydrogen-bond donors (Lipinski definition) is 1. The zero-order valence-electron chi connectivity index (χ0n) is 8.30. The molecule has 0 aliphatic carbocycles. The first-order valence-electron chi connectivity index (χ1n) is 4.84. The van der Waals surface area contributed by atoms with Crippen molar-refractivity contribution >= 4 is 17.5 Å². The van der Waals surface area contributed by atoms with Gasteiger partial charge in [-0.15, -0.1) is 11.6 Å². The van der Waals surface area contributed by atoms with Crippen LogP contribution in [-0.2, 0) is 0 Å². The van der Waals surface area contributed by atoms with Crippen molar-refractivity contribution in [1.29, 1.82) is 0 Å². The summed E-state index contributed by atoms with van der Waals surface area (Å²) in [4.78, 5) is 11.4. The van der Waals surface area contributed by atoms with Crippen molar-refractivity contribution in [3.05, 3.63) is 35.6 Å². The average Bonchev–Trinajstić information content (AvgIpc) is 2.24. The normalized spacial score (nSPS) is 10.0. The zero-order valence-corrected chi connectivity index (χ0v) is 9.06. The molecule has 1 amide bonds. The van der Waals surface area contributed by atoms with Gasteiger partial charge in [0.1, 0.15) is 5.82 Å². The summed E-state index contributed by atoms with van der Waals surface area (Å²) in [5, 5.41) is 2.70. The summed E-state index contributed by atoms with van der Waals surface area (Å²) in [6, 6.07) is 5.63. The molecule has 1 N–H and O–H groups in total. The van der Waals surface area contributed by atoms with Gasteiger partial charge in [0.15, 0.2) is 0 Å². The zero-order chi connectivity index (χ0) is 11.1. The van der Waals surface area contributed by atoms with Crippen LogP contribution in [0.1, 0.15) is 23.2 Å². The van der Waals surface area contributed by atoms with Crippen LogP contribution in [0.3, 0.4) is 0 Å². The maximum atomic E-state index is 12.8. The number of benzene rings is 1. The van der Waals surface area contributed by atoms with Crippen LogP contribution in [0.15, 0.2) is 24.3 Å². The van der Waals surface area contributed by atoms with E-state index in [4.69, 9.17) is 11.6 Å². The van der Waals surface area contributed by atoms with Crippen LogP contribution in [0.2, 0.25) is 0 Å². The van der Waals surface area contributed by atoms with E-state index in [-0.39, 0.29) is 5.91 Å². The lowest BCUT2D eigenvalue weighted by Crippen LogP contribution is -2.24. The van der Waals surface area contributed by atoms with Crippen molar-refractivity contribution < 1.29 is 9.18 Å². The average molecular weight is 230 g/mol. The highest BCUT2D eigenvalue weighted by Gasteiger charge is 2.04. The number of hydrogen-bond acceptors (Lipinski definition) is 1. The minimum atomic E-state index is -0.400. The van der Waals surface area contributed by atoms with Gasteiger partial charge in [-0.25, -0.2) is 4.39 Å². The molecule has 1 aromatic rings. The van der Waals surface area contributed by atoms with Gasteiger partial charge in [0.2, 0.25) is 0 Å². The van der Waals surface area contributed by atoms with E-state index in [1.165, 1.54) is 18.2 Å². The molecule has 1 aromatic carbocycles. The molecule has 15 heavy (non-hydrogen) atoms. The topological polar surface area (TPSA) is 29.1 Å². The highest BCUT2D eigenvalue weighted by molar-refractivity contribution is 6.17. The molecule has 0 atom stereocenters. The molecule has 0 aliphatic rings. The van der Waals surface area contributed by atoms with Gasteiger partial charge in [-0.1, -0.05) is 6.07 Å². The second-order valence-electron chi connectivity index (χ2n) is 3.16. The molecule has 4 heteroatoms. The Hall–Kier alpha value is -1.09. The minimum absolute atomic E-state index is 0.246. The fourth-order valence-corrected chi connectivity index (χ4v) is 1.34. The summed E-state index contributed by atoms with van der Waals surface area (Å²) in [7, 11) is 0. The Labute approximate surface area is 93.4 Å². The van der Waals surface area contributed by atoms with Gasteiger partial charge in [-0.3, -0.25) is 4.79 Å². The molecule has 0 bridgehead atoms. The van der Waals surface area contributed by atoms with Crippen LogP contribution < -0.4 is 5.32 Å². The van der Waals surface area contributed by atoms with Gasteiger partial charge < -0.3 is 5.32 Å². The summed E-state index contributed by atoms with van der Waals surface area (Å²) in [6.07, 6.45) is 1.70. The number of alkyl halides is 1. The Balaban J connectivity index is 2.40. The Morgan fingerprint density at radius 3 is 2.87 bits per heavy atom. The van der Waals surface area contributed by atoms with Gasteiger partial charge in [0.05, 0.1) is 0 Å². The number of halogens is 2. The van der Waals surface area contributed by atoms with Gasteiger partial charge in [-0.2, -0.15) is 0 Å². The lowest BCUT2D eigenvalue weighted by molar-refractivity contribution is 0.0952. The number of carbonyl (C=O) groups excluding carboxylic acids is 1. The van der Waals surface area contributed by atoms with E-state index in [0.717, 1.165) is 12.8 Å². The summed E-state index contributed by atoms with van der Waals surface area (Å²) < 4.78 is 12.8. The number of nitrogens with one attached hydrogen (secondary N) is 1. The Bertz CT molecular complexity index is 330. The van der Waals surface area contributed by atoms with Gasteiger partial charge in [0, 0.05) is 18.0 Å². The number of rotatable bonds is 5. The van der Waals surface area contributed by atoms with Crippen molar-refractivity contribution in [3.8, 4) is 0 Å². The first kappa shape index (κ1) is 12.0. The number of amides is 1. The molecule has 0 aromatic heterocycles. The second kappa shape index (κ2) is 6.40. The molecular weight excluding hydrogens is 217 g/mol. The smallest absolute Gasteiger partial charge is 0.251 e. The summed E-state index contributed by atoms with van der Waals surface area (Å²) >= 11 is 5.49. The highest BCUT2D eigenvalue weighted by atomic mass is 35.5. The highest BCUT2D eigenvalue weighted by Crippen LogP contribution is 2.03. The maximum absolute atomic E-state index is 12.8. The Morgan fingerprint density at radius 2 is 2.20 bits per heavy atom. The fraction of sp³-hybridized carbons (Fsp3) is 0.364.